The minimum Gasteiger partial charge on any atom is -0.258 e. The molecule has 2 heterocycles. The maximum Gasteiger partial charge on any atom is 0.336 e. The van der Waals surface area contributed by atoms with Gasteiger partial charge in [0.2, 0.25) is 5.82 Å². The number of hydrogen-bond acceptors (Lipinski definition) is 4. The molecule has 0 fully saturated rings. The van der Waals surface area contributed by atoms with E-state index in [0.29, 0.717) is 18.1 Å². The molecule has 2 aromatic heterocycles. The van der Waals surface area contributed by atoms with Crippen LogP contribution in [0, 0.1) is 30.9 Å². The van der Waals surface area contributed by atoms with Crippen LogP contribution in [-0.4, -0.2) is 24.5 Å². The van der Waals surface area contributed by atoms with Crippen LogP contribution < -0.4 is 0 Å². The molecule has 0 bridgehead atoms. The number of hydrogen-bond donors (Lipinski definition) is 0. The highest BCUT2D eigenvalue weighted by molar-refractivity contribution is 9.10. The Hall–Kier alpha value is -1.70. The van der Waals surface area contributed by atoms with Crippen LogP contribution in [0.15, 0.2) is 4.47 Å². The fourth-order valence-electron chi connectivity index (χ4n) is 2.03. The fraction of sp³-hybridized carbons (Fsp3) is 0.455. The summed E-state index contributed by atoms with van der Waals surface area (Å²) in [6.45, 7) is 7.77. The molecule has 0 amide bonds. The average molecular weight is 328 g/mol. The monoisotopic (exact) mass is 327 g/mol. The standard InChI is InChI=1S/C11H14BrN5O2/c1-5-15-11(10(17(18)19)7(3)13-15)16-8(4)9(12)6(2)14-16/h5H2,1-4H3. The van der Waals surface area contributed by atoms with E-state index in [1.54, 1.807) is 16.3 Å². The van der Waals surface area contributed by atoms with E-state index in [-0.39, 0.29) is 5.69 Å². The van der Waals surface area contributed by atoms with Gasteiger partial charge in [-0.25, -0.2) is 9.36 Å². The Labute approximate surface area is 118 Å². The predicted molar refractivity (Wildman–Crippen MR) is 73.6 cm³/mol. The molecule has 0 unspecified atom stereocenters. The van der Waals surface area contributed by atoms with E-state index in [1.807, 2.05) is 20.8 Å². The lowest BCUT2D eigenvalue weighted by molar-refractivity contribution is -0.385. The number of nitro groups is 1. The molecule has 0 aliphatic carbocycles. The number of aromatic nitrogens is 4. The van der Waals surface area contributed by atoms with E-state index in [1.165, 1.54) is 0 Å². The molecular formula is C11H14BrN5O2. The van der Waals surface area contributed by atoms with Gasteiger partial charge in [-0.3, -0.25) is 10.1 Å². The van der Waals surface area contributed by atoms with Crippen molar-refractivity contribution in [2.45, 2.75) is 34.2 Å². The number of halogens is 1. The van der Waals surface area contributed by atoms with Gasteiger partial charge in [0.25, 0.3) is 0 Å². The molecule has 2 rings (SSSR count). The smallest absolute Gasteiger partial charge is 0.258 e. The average Bonchev–Trinajstić information content (AvgIpc) is 2.81. The molecule has 2 aromatic rings. The molecule has 19 heavy (non-hydrogen) atoms. The Morgan fingerprint density at radius 1 is 1.26 bits per heavy atom. The molecular weight excluding hydrogens is 314 g/mol. The van der Waals surface area contributed by atoms with Crippen molar-refractivity contribution in [3.63, 3.8) is 0 Å². The van der Waals surface area contributed by atoms with Gasteiger partial charge in [0.05, 0.1) is 20.8 Å². The van der Waals surface area contributed by atoms with Gasteiger partial charge in [0, 0.05) is 6.54 Å². The largest absolute Gasteiger partial charge is 0.336 e. The van der Waals surface area contributed by atoms with Gasteiger partial charge in [-0.15, -0.1) is 0 Å². The van der Waals surface area contributed by atoms with Crippen LogP contribution in [-0.2, 0) is 6.54 Å². The summed E-state index contributed by atoms with van der Waals surface area (Å²) in [5.41, 5.74) is 1.99. The zero-order chi connectivity index (χ0) is 14.3. The minimum atomic E-state index is -0.409. The van der Waals surface area contributed by atoms with Crippen molar-refractivity contribution < 1.29 is 4.92 Å². The first kappa shape index (κ1) is 13.7. The summed E-state index contributed by atoms with van der Waals surface area (Å²) in [5.74, 6) is 0.399. The van der Waals surface area contributed by atoms with Crippen LogP contribution in [0.5, 0.6) is 0 Å². The maximum atomic E-state index is 11.2. The molecule has 0 N–H and O–H groups in total. The van der Waals surface area contributed by atoms with Crippen molar-refractivity contribution >= 4 is 21.6 Å². The molecule has 7 nitrogen and oxygen atoms in total. The molecule has 102 valence electrons. The van der Waals surface area contributed by atoms with Gasteiger partial charge < -0.3 is 0 Å². The van der Waals surface area contributed by atoms with Crippen LogP contribution in [0.1, 0.15) is 24.0 Å². The van der Waals surface area contributed by atoms with Gasteiger partial charge in [-0.1, -0.05) is 0 Å². The van der Waals surface area contributed by atoms with E-state index in [0.717, 1.165) is 15.9 Å². The maximum absolute atomic E-state index is 11.2. The summed E-state index contributed by atoms with van der Waals surface area (Å²) in [6, 6.07) is 0. The lowest BCUT2D eigenvalue weighted by Crippen LogP contribution is -2.10. The first-order valence-corrected chi connectivity index (χ1v) is 6.61. The van der Waals surface area contributed by atoms with E-state index >= 15 is 0 Å². The SMILES string of the molecule is CCn1nc(C)c([N+](=O)[O-])c1-n1nc(C)c(Br)c1C. The molecule has 0 saturated carbocycles. The van der Waals surface area contributed by atoms with Gasteiger partial charge in [-0.05, 0) is 43.6 Å². The molecule has 0 spiro atoms. The van der Waals surface area contributed by atoms with Crippen molar-refractivity contribution in [1.82, 2.24) is 19.6 Å². The Kier molecular flexibility index (Phi) is 3.44. The van der Waals surface area contributed by atoms with Crippen molar-refractivity contribution in [3.8, 4) is 5.82 Å². The Balaban J connectivity index is 2.80. The zero-order valence-corrected chi connectivity index (χ0v) is 12.7. The van der Waals surface area contributed by atoms with E-state index in [2.05, 4.69) is 26.1 Å². The summed E-state index contributed by atoms with van der Waals surface area (Å²) < 4.78 is 4.02. The topological polar surface area (TPSA) is 78.8 Å². The molecule has 0 aliphatic heterocycles. The highest BCUT2D eigenvalue weighted by Gasteiger charge is 2.28. The predicted octanol–water partition coefficient (Wildman–Crippen LogP) is 2.68. The first-order valence-electron chi connectivity index (χ1n) is 5.82. The van der Waals surface area contributed by atoms with E-state index < -0.39 is 4.92 Å². The molecule has 0 atom stereocenters. The first-order chi connectivity index (χ1) is 8.88. The highest BCUT2D eigenvalue weighted by Crippen LogP contribution is 2.30. The van der Waals surface area contributed by atoms with Crippen molar-refractivity contribution in [2.75, 3.05) is 0 Å². The fourth-order valence-corrected chi connectivity index (χ4v) is 2.28. The van der Waals surface area contributed by atoms with E-state index in [4.69, 9.17) is 0 Å². The summed E-state index contributed by atoms with van der Waals surface area (Å²) in [7, 11) is 0. The third kappa shape index (κ3) is 2.05. The number of nitrogens with zero attached hydrogens (tertiary/aromatic N) is 5. The van der Waals surface area contributed by atoms with Crippen molar-refractivity contribution in [1.29, 1.82) is 0 Å². The van der Waals surface area contributed by atoms with Crippen LogP contribution >= 0.6 is 15.9 Å². The lowest BCUT2D eigenvalue weighted by atomic mass is 10.3. The molecule has 0 saturated heterocycles. The molecule has 0 radical (unpaired) electrons. The Bertz CT molecular complexity index is 659. The van der Waals surface area contributed by atoms with Gasteiger partial charge in [-0.2, -0.15) is 10.2 Å². The second-order valence-electron chi connectivity index (χ2n) is 4.23. The number of aryl methyl sites for hydroxylation is 3. The normalized spacial score (nSPS) is 11.0. The number of rotatable bonds is 3. The second-order valence-corrected chi connectivity index (χ2v) is 5.02. The lowest BCUT2D eigenvalue weighted by Gasteiger charge is -2.06. The summed E-state index contributed by atoms with van der Waals surface area (Å²) in [5, 5.41) is 19.8. The van der Waals surface area contributed by atoms with Crippen LogP contribution in [0.4, 0.5) is 5.69 Å². The zero-order valence-electron chi connectivity index (χ0n) is 11.1. The van der Waals surface area contributed by atoms with Gasteiger partial charge >= 0.3 is 5.69 Å². The van der Waals surface area contributed by atoms with Crippen LogP contribution in [0.3, 0.4) is 0 Å². The quantitative estimate of drug-likeness (QED) is 0.641. The Morgan fingerprint density at radius 2 is 1.89 bits per heavy atom. The van der Waals surface area contributed by atoms with Crippen molar-refractivity contribution in [3.05, 3.63) is 31.7 Å². The molecule has 0 aliphatic rings. The summed E-state index contributed by atoms with van der Waals surface area (Å²) in [6.07, 6.45) is 0. The third-order valence-electron chi connectivity index (χ3n) is 2.96. The second kappa shape index (κ2) is 4.76. The van der Waals surface area contributed by atoms with Crippen LogP contribution in [0.2, 0.25) is 0 Å². The van der Waals surface area contributed by atoms with Gasteiger partial charge in [0.15, 0.2) is 0 Å². The van der Waals surface area contributed by atoms with E-state index in [9.17, 15) is 10.1 Å². The summed E-state index contributed by atoms with van der Waals surface area (Å²) in [4.78, 5) is 10.8. The van der Waals surface area contributed by atoms with Crippen LogP contribution in [0.25, 0.3) is 5.82 Å². The Morgan fingerprint density at radius 3 is 2.32 bits per heavy atom. The highest BCUT2D eigenvalue weighted by atomic mass is 79.9. The molecule has 0 aromatic carbocycles. The minimum absolute atomic E-state index is 0.0000463. The summed E-state index contributed by atoms with van der Waals surface area (Å²) >= 11 is 3.43. The third-order valence-corrected chi connectivity index (χ3v) is 4.10. The van der Waals surface area contributed by atoms with Gasteiger partial charge in [0.1, 0.15) is 5.69 Å². The van der Waals surface area contributed by atoms with Crippen molar-refractivity contribution in [2.24, 2.45) is 0 Å². The molecule has 8 heteroatoms.